The molecule has 1 heterocycles. The minimum atomic E-state index is 0.132. The summed E-state index contributed by atoms with van der Waals surface area (Å²) in [6.45, 7) is 0.433. The Balaban J connectivity index is 1.77. The minimum Gasteiger partial charge on any atom is -0.487 e. The zero-order valence-corrected chi connectivity index (χ0v) is 12.2. The van der Waals surface area contributed by atoms with E-state index in [-0.39, 0.29) is 6.04 Å². The molecule has 0 amide bonds. The summed E-state index contributed by atoms with van der Waals surface area (Å²) >= 11 is 0. The van der Waals surface area contributed by atoms with Crippen LogP contribution in [0.25, 0.3) is 0 Å². The molecule has 2 aromatic rings. The zero-order valence-electron chi connectivity index (χ0n) is 12.2. The molecule has 0 bridgehead atoms. The third kappa shape index (κ3) is 3.00. The third-order valence-corrected chi connectivity index (χ3v) is 3.88. The van der Waals surface area contributed by atoms with E-state index in [0.29, 0.717) is 12.5 Å². The summed E-state index contributed by atoms with van der Waals surface area (Å²) in [6, 6.07) is 11.9. The number of benzene rings is 1. The molecule has 1 aromatic heterocycles. The van der Waals surface area contributed by atoms with Crippen LogP contribution in [0, 0.1) is 0 Å². The molecule has 4 nitrogen and oxygen atoms in total. The Morgan fingerprint density at radius 1 is 1.24 bits per heavy atom. The van der Waals surface area contributed by atoms with E-state index in [4.69, 9.17) is 15.2 Å². The second-order valence-corrected chi connectivity index (χ2v) is 5.28. The van der Waals surface area contributed by atoms with Gasteiger partial charge in [0.15, 0.2) is 0 Å². The SMILES string of the molecule is COc1cccc(COc2cccc3c2CCCC3N)n1. The molecule has 0 radical (unpaired) electrons. The fourth-order valence-electron chi connectivity index (χ4n) is 2.79. The van der Waals surface area contributed by atoms with Crippen molar-refractivity contribution in [1.82, 2.24) is 4.98 Å². The molecule has 1 aromatic carbocycles. The quantitative estimate of drug-likeness (QED) is 0.937. The van der Waals surface area contributed by atoms with Crippen LogP contribution in [0.2, 0.25) is 0 Å². The molecule has 0 aliphatic heterocycles. The molecule has 0 saturated heterocycles. The Hall–Kier alpha value is -2.07. The Morgan fingerprint density at radius 2 is 2.10 bits per heavy atom. The molecule has 1 aliphatic carbocycles. The maximum Gasteiger partial charge on any atom is 0.213 e. The molecular formula is C17H20N2O2. The van der Waals surface area contributed by atoms with Gasteiger partial charge in [0.05, 0.1) is 12.8 Å². The van der Waals surface area contributed by atoms with Crippen molar-refractivity contribution in [3.05, 3.63) is 53.2 Å². The van der Waals surface area contributed by atoms with Crippen LogP contribution in [0.15, 0.2) is 36.4 Å². The summed E-state index contributed by atoms with van der Waals surface area (Å²) < 4.78 is 11.1. The summed E-state index contributed by atoms with van der Waals surface area (Å²) in [7, 11) is 1.61. The van der Waals surface area contributed by atoms with Crippen LogP contribution in [0.3, 0.4) is 0 Å². The maximum atomic E-state index is 6.18. The molecule has 4 heteroatoms. The lowest BCUT2D eigenvalue weighted by atomic mass is 9.87. The molecule has 1 atom stereocenters. The second kappa shape index (κ2) is 6.14. The summed E-state index contributed by atoms with van der Waals surface area (Å²) in [5.41, 5.74) is 9.50. The van der Waals surface area contributed by atoms with E-state index in [2.05, 4.69) is 11.1 Å². The average Bonchev–Trinajstić information content (AvgIpc) is 2.53. The fraction of sp³-hybridized carbons (Fsp3) is 0.353. The van der Waals surface area contributed by atoms with Gasteiger partial charge in [-0.25, -0.2) is 4.98 Å². The van der Waals surface area contributed by atoms with E-state index in [1.165, 1.54) is 11.1 Å². The predicted molar refractivity (Wildman–Crippen MR) is 81.4 cm³/mol. The number of rotatable bonds is 4. The number of methoxy groups -OCH3 is 1. The largest absolute Gasteiger partial charge is 0.487 e. The van der Waals surface area contributed by atoms with Gasteiger partial charge in [-0.3, -0.25) is 0 Å². The Labute approximate surface area is 124 Å². The fourth-order valence-corrected chi connectivity index (χ4v) is 2.79. The van der Waals surface area contributed by atoms with Crippen molar-refractivity contribution in [2.24, 2.45) is 5.73 Å². The predicted octanol–water partition coefficient (Wildman–Crippen LogP) is 3.01. The lowest BCUT2D eigenvalue weighted by Gasteiger charge is -2.24. The van der Waals surface area contributed by atoms with Gasteiger partial charge in [0.25, 0.3) is 0 Å². The summed E-state index contributed by atoms with van der Waals surface area (Å²) in [6.07, 6.45) is 3.20. The Morgan fingerprint density at radius 3 is 2.95 bits per heavy atom. The normalized spacial score (nSPS) is 17.1. The lowest BCUT2D eigenvalue weighted by Crippen LogP contribution is -2.18. The highest BCUT2D eigenvalue weighted by Gasteiger charge is 2.19. The highest BCUT2D eigenvalue weighted by molar-refractivity contribution is 5.43. The second-order valence-electron chi connectivity index (χ2n) is 5.28. The molecule has 0 fully saturated rings. The van der Waals surface area contributed by atoms with E-state index in [0.717, 1.165) is 30.7 Å². The van der Waals surface area contributed by atoms with Crippen molar-refractivity contribution >= 4 is 0 Å². The topological polar surface area (TPSA) is 57.4 Å². The smallest absolute Gasteiger partial charge is 0.213 e. The number of aromatic nitrogens is 1. The van der Waals surface area contributed by atoms with Gasteiger partial charge in [-0.1, -0.05) is 18.2 Å². The first-order valence-corrected chi connectivity index (χ1v) is 7.28. The van der Waals surface area contributed by atoms with Gasteiger partial charge in [0.1, 0.15) is 12.4 Å². The van der Waals surface area contributed by atoms with Crippen LogP contribution in [-0.2, 0) is 13.0 Å². The van der Waals surface area contributed by atoms with E-state index in [1.54, 1.807) is 7.11 Å². The number of nitrogens with two attached hydrogens (primary N) is 1. The molecule has 110 valence electrons. The summed E-state index contributed by atoms with van der Waals surface area (Å²) in [4.78, 5) is 4.36. The molecule has 3 rings (SSSR count). The van der Waals surface area contributed by atoms with Crippen molar-refractivity contribution in [1.29, 1.82) is 0 Å². The first-order chi connectivity index (χ1) is 10.3. The highest BCUT2D eigenvalue weighted by Crippen LogP contribution is 2.34. The van der Waals surface area contributed by atoms with Crippen molar-refractivity contribution < 1.29 is 9.47 Å². The number of ether oxygens (including phenoxy) is 2. The molecule has 1 aliphatic rings. The van der Waals surface area contributed by atoms with Crippen molar-refractivity contribution in [2.45, 2.75) is 31.9 Å². The monoisotopic (exact) mass is 284 g/mol. The number of hydrogen-bond donors (Lipinski definition) is 1. The molecule has 0 spiro atoms. The first-order valence-electron chi connectivity index (χ1n) is 7.28. The number of fused-ring (bicyclic) bond motifs is 1. The zero-order chi connectivity index (χ0) is 14.7. The van der Waals surface area contributed by atoms with Crippen molar-refractivity contribution in [2.75, 3.05) is 7.11 Å². The van der Waals surface area contributed by atoms with Gasteiger partial charge >= 0.3 is 0 Å². The molecule has 21 heavy (non-hydrogen) atoms. The third-order valence-electron chi connectivity index (χ3n) is 3.88. The minimum absolute atomic E-state index is 0.132. The Kier molecular flexibility index (Phi) is 4.06. The first kappa shape index (κ1) is 13.9. The lowest BCUT2D eigenvalue weighted by molar-refractivity contribution is 0.293. The Bertz CT molecular complexity index is 628. The molecule has 1 unspecified atom stereocenters. The maximum absolute atomic E-state index is 6.18. The van der Waals surface area contributed by atoms with Crippen LogP contribution in [0.4, 0.5) is 0 Å². The number of pyridine rings is 1. The molecule has 2 N–H and O–H groups in total. The molecular weight excluding hydrogens is 264 g/mol. The van der Waals surface area contributed by atoms with Crippen LogP contribution in [0.5, 0.6) is 11.6 Å². The van der Waals surface area contributed by atoms with Crippen LogP contribution >= 0.6 is 0 Å². The highest BCUT2D eigenvalue weighted by atomic mass is 16.5. The average molecular weight is 284 g/mol. The standard InChI is InChI=1S/C17H20N2O2/c1-20-17-10-2-5-12(19-17)11-21-16-9-4-6-13-14(16)7-3-8-15(13)18/h2,4-6,9-10,15H,3,7-8,11,18H2,1H3. The van der Waals surface area contributed by atoms with Gasteiger partial charge in [-0.05, 0) is 42.5 Å². The number of nitrogens with zero attached hydrogens (tertiary/aromatic N) is 1. The van der Waals surface area contributed by atoms with Crippen LogP contribution in [-0.4, -0.2) is 12.1 Å². The van der Waals surface area contributed by atoms with E-state index in [1.807, 2.05) is 30.3 Å². The number of hydrogen-bond acceptors (Lipinski definition) is 4. The van der Waals surface area contributed by atoms with E-state index in [9.17, 15) is 0 Å². The van der Waals surface area contributed by atoms with E-state index < -0.39 is 0 Å². The van der Waals surface area contributed by atoms with Crippen molar-refractivity contribution in [3.63, 3.8) is 0 Å². The van der Waals surface area contributed by atoms with Crippen LogP contribution < -0.4 is 15.2 Å². The van der Waals surface area contributed by atoms with Gasteiger partial charge in [-0.15, -0.1) is 0 Å². The summed E-state index contributed by atoms with van der Waals surface area (Å²) in [5, 5.41) is 0. The van der Waals surface area contributed by atoms with Gasteiger partial charge in [-0.2, -0.15) is 0 Å². The van der Waals surface area contributed by atoms with Gasteiger partial charge in [0.2, 0.25) is 5.88 Å². The molecule has 0 saturated carbocycles. The summed E-state index contributed by atoms with van der Waals surface area (Å²) in [5.74, 6) is 1.53. The van der Waals surface area contributed by atoms with Crippen LogP contribution in [0.1, 0.15) is 35.7 Å². The van der Waals surface area contributed by atoms with Gasteiger partial charge in [0, 0.05) is 12.1 Å². The van der Waals surface area contributed by atoms with Crippen molar-refractivity contribution in [3.8, 4) is 11.6 Å². The van der Waals surface area contributed by atoms with E-state index >= 15 is 0 Å². The van der Waals surface area contributed by atoms with Gasteiger partial charge < -0.3 is 15.2 Å².